The molecule has 0 aliphatic heterocycles. The predicted molar refractivity (Wildman–Crippen MR) is 76.7 cm³/mol. The molecule has 3 N–H and O–H groups in total. The summed E-state index contributed by atoms with van der Waals surface area (Å²) in [7, 11) is 1.51. The van der Waals surface area contributed by atoms with E-state index in [0.717, 1.165) is 5.76 Å². The van der Waals surface area contributed by atoms with Crippen LogP contribution in [0.1, 0.15) is 23.0 Å². The molecule has 0 bridgehead atoms. The van der Waals surface area contributed by atoms with Crippen molar-refractivity contribution in [3.05, 3.63) is 47.9 Å². The molecule has 1 atom stereocenters. The number of hydrogen-bond donors (Lipinski definition) is 2. The van der Waals surface area contributed by atoms with Crippen molar-refractivity contribution in [3.63, 3.8) is 0 Å². The Hall–Kier alpha value is -2.43. The quantitative estimate of drug-likeness (QED) is 0.820. The Morgan fingerprint density at radius 1 is 1.40 bits per heavy atom. The number of nitrogen functional groups attached to an aromatic ring is 1. The van der Waals surface area contributed by atoms with Gasteiger partial charge in [0, 0.05) is 18.2 Å². The minimum atomic E-state index is -0.251. The Kier molecular flexibility index (Phi) is 4.30. The molecule has 1 aromatic carbocycles. The monoisotopic (exact) mass is 274 g/mol. The molecule has 0 aliphatic rings. The van der Waals surface area contributed by atoms with Gasteiger partial charge in [0.2, 0.25) is 0 Å². The Labute approximate surface area is 117 Å². The number of hydrogen-bond acceptors (Lipinski definition) is 4. The van der Waals surface area contributed by atoms with Gasteiger partial charge in [-0.1, -0.05) is 6.07 Å². The Morgan fingerprint density at radius 2 is 2.20 bits per heavy atom. The number of ether oxygens (including phenoxy) is 1. The van der Waals surface area contributed by atoms with E-state index in [9.17, 15) is 4.79 Å². The van der Waals surface area contributed by atoms with Crippen molar-refractivity contribution < 1.29 is 13.9 Å². The van der Waals surface area contributed by atoms with Crippen molar-refractivity contribution >= 4 is 11.6 Å². The number of amides is 1. The lowest BCUT2D eigenvalue weighted by Crippen LogP contribution is -2.34. The van der Waals surface area contributed by atoms with Gasteiger partial charge in [-0.25, -0.2) is 0 Å². The molecule has 5 heteroatoms. The summed E-state index contributed by atoms with van der Waals surface area (Å²) in [6.45, 7) is 1.91. The lowest BCUT2D eigenvalue weighted by Gasteiger charge is -2.15. The van der Waals surface area contributed by atoms with Gasteiger partial charge in [-0.2, -0.15) is 0 Å². The lowest BCUT2D eigenvalue weighted by molar-refractivity contribution is 0.0937. The van der Waals surface area contributed by atoms with Crippen molar-refractivity contribution in [2.75, 3.05) is 12.8 Å². The highest BCUT2D eigenvalue weighted by Gasteiger charge is 2.18. The molecule has 5 nitrogen and oxygen atoms in total. The largest absolute Gasteiger partial charge is 0.496 e. The topological polar surface area (TPSA) is 77.5 Å². The second-order valence-corrected chi connectivity index (χ2v) is 4.58. The summed E-state index contributed by atoms with van der Waals surface area (Å²) < 4.78 is 10.4. The van der Waals surface area contributed by atoms with Crippen LogP contribution in [-0.2, 0) is 6.42 Å². The first-order valence-electron chi connectivity index (χ1n) is 6.37. The first kappa shape index (κ1) is 14.0. The van der Waals surface area contributed by atoms with Crippen LogP contribution >= 0.6 is 0 Å². The highest BCUT2D eigenvalue weighted by molar-refractivity contribution is 6.02. The minimum absolute atomic E-state index is 0.0713. The molecule has 0 saturated heterocycles. The number of nitrogens with one attached hydrogen (secondary N) is 1. The van der Waals surface area contributed by atoms with Crippen molar-refractivity contribution in [2.24, 2.45) is 0 Å². The lowest BCUT2D eigenvalue weighted by atomic mass is 10.1. The van der Waals surface area contributed by atoms with Crippen LogP contribution in [0.3, 0.4) is 0 Å². The number of nitrogens with two attached hydrogens (primary N) is 1. The maximum Gasteiger partial charge on any atom is 0.257 e. The van der Waals surface area contributed by atoms with E-state index in [-0.39, 0.29) is 11.9 Å². The Bertz CT molecular complexity index is 579. The number of carbonyl (C=O) groups excluding carboxylic acids is 1. The summed E-state index contributed by atoms with van der Waals surface area (Å²) in [4.78, 5) is 12.3. The summed E-state index contributed by atoms with van der Waals surface area (Å²) in [5.74, 6) is 1.04. The van der Waals surface area contributed by atoms with E-state index in [1.807, 2.05) is 19.1 Å². The summed E-state index contributed by atoms with van der Waals surface area (Å²) in [6.07, 6.45) is 2.23. The molecule has 106 valence electrons. The van der Waals surface area contributed by atoms with Gasteiger partial charge in [0.25, 0.3) is 5.91 Å². The fraction of sp³-hybridized carbons (Fsp3) is 0.267. The summed E-state index contributed by atoms with van der Waals surface area (Å²) in [5.41, 5.74) is 6.61. The first-order chi connectivity index (χ1) is 9.61. The second kappa shape index (κ2) is 6.14. The standard InChI is InChI=1S/C15H18N2O3/c1-10(9-11-5-4-8-20-11)17-15(18)14-12(16)6-3-7-13(14)19-2/h3-8,10H,9,16H2,1-2H3,(H,17,18). The first-order valence-corrected chi connectivity index (χ1v) is 6.37. The van der Waals surface area contributed by atoms with Crippen molar-refractivity contribution in [1.29, 1.82) is 0 Å². The Balaban J connectivity index is 2.08. The molecule has 0 radical (unpaired) electrons. The SMILES string of the molecule is COc1cccc(N)c1C(=O)NC(C)Cc1ccco1. The Morgan fingerprint density at radius 3 is 2.85 bits per heavy atom. The van der Waals surface area contributed by atoms with E-state index in [1.165, 1.54) is 7.11 Å². The zero-order chi connectivity index (χ0) is 14.5. The van der Waals surface area contributed by atoms with Gasteiger partial charge in [-0.05, 0) is 31.2 Å². The van der Waals surface area contributed by atoms with E-state index in [0.29, 0.717) is 23.4 Å². The summed E-state index contributed by atoms with van der Waals surface area (Å²) in [6, 6.07) is 8.76. The number of anilines is 1. The fourth-order valence-corrected chi connectivity index (χ4v) is 2.04. The zero-order valence-corrected chi connectivity index (χ0v) is 11.6. The van der Waals surface area contributed by atoms with Crippen LogP contribution in [0.25, 0.3) is 0 Å². The predicted octanol–water partition coefficient (Wildman–Crippen LogP) is 2.23. The average Bonchev–Trinajstić information content (AvgIpc) is 2.90. The van der Waals surface area contributed by atoms with Gasteiger partial charge in [0.15, 0.2) is 0 Å². The highest BCUT2D eigenvalue weighted by Crippen LogP contribution is 2.24. The van der Waals surface area contributed by atoms with Crippen LogP contribution in [0.2, 0.25) is 0 Å². The smallest absolute Gasteiger partial charge is 0.257 e. The van der Waals surface area contributed by atoms with Crippen LogP contribution in [0.15, 0.2) is 41.0 Å². The molecule has 1 unspecified atom stereocenters. The molecular weight excluding hydrogens is 256 g/mol. The van der Waals surface area contributed by atoms with E-state index in [2.05, 4.69) is 5.32 Å². The number of methoxy groups -OCH3 is 1. The van der Waals surface area contributed by atoms with Crippen molar-refractivity contribution in [1.82, 2.24) is 5.32 Å². The molecule has 20 heavy (non-hydrogen) atoms. The minimum Gasteiger partial charge on any atom is -0.496 e. The maximum absolute atomic E-state index is 12.3. The molecular formula is C15H18N2O3. The van der Waals surface area contributed by atoms with Crippen LogP contribution in [0, 0.1) is 0 Å². The number of benzene rings is 1. The van der Waals surface area contributed by atoms with Gasteiger partial charge in [0.05, 0.1) is 13.4 Å². The maximum atomic E-state index is 12.3. The number of carbonyl (C=O) groups is 1. The van der Waals surface area contributed by atoms with E-state index < -0.39 is 0 Å². The molecule has 1 heterocycles. The van der Waals surface area contributed by atoms with Gasteiger partial charge in [-0.3, -0.25) is 4.79 Å². The third-order valence-electron chi connectivity index (χ3n) is 2.97. The van der Waals surface area contributed by atoms with E-state index >= 15 is 0 Å². The molecule has 1 aromatic heterocycles. The number of furan rings is 1. The van der Waals surface area contributed by atoms with Gasteiger partial charge >= 0.3 is 0 Å². The van der Waals surface area contributed by atoms with Crippen molar-refractivity contribution in [2.45, 2.75) is 19.4 Å². The van der Waals surface area contributed by atoms with E-state index in [1.54, 1.807) is 24.5 Å². The third-order valence-corrected chi connectivity index (χ3v) is 2.97. The second-order valence-electron chi connectivity index (χ2n) is 4.58. The van der Waals surface area contributed by atoms with E-state index in [4.69, 9.17) is 14.9 Å². The zero-order valence-electron chi connectivity index (χ0n) is 11.6. The average molecular weight is 274 g/mol. The van der Waals surface area contributed by atoms with Crippen LogP contribution in [0.4, 0.5) is 5.69 Å². The van der Waals surface area contributed by atoms with Gasteiger partial charge in [-0.15, -0.1) is 0 Å². The summed E-state index contributed by atoms with van der Waals surface area (Å²) >= 11 is 0. The molecule has 0 fully saturated rings. The van der Waals surface area contributed by atoms with Crippen LogP contribution in [0.5, 0.6) is 5.75 Å². The molecule has 1 amide bonds. The molecule has 0 aliphatic carbocycles. The van der Waals surface area contributed by atoms with Gasteiger partial charge < -0.3 is 20.2 Å². The van der Waals surface area contributed by atoms with Crippen molar-refractivity contribution in [3.8, 4) is 5.75 Å². The summed E-state index contributed by atoms with van der Waals surface area (Å²) in [5, 5.41) is 2.89. The fourth-order valence-electron chi connectivity index (χ4n) is 2.04. The van der Waals surface area contributed by atoms with Gasteiger partial charge in [0.1, 0.15) is 17.1 Å². The van der Waals surface area contributed by atoms with Crippen LogP contribution in [-0.4, -0.2) is 19.1 Å². The highest BCUT2D eigenvalue weighted by atomic mass is 16.5. The molecule has 0 saturated carbocycles. The third kappa shape index (κ3) is 3.12. The molecule has 0 spiro atoms. The molecule has 2 aromatic rings. The van der Waals surface area contributed by atoms with Crippen LogP contribution < -0.4 is 15.8 Å². The number of rotatable bonds is 5. The molecule has 2 rings (SSSR count). The normalized spacial score (nSPS) is 11.9.